The number of aromatic nitrogens is 2. The summed E-state index contributed by atoms with van der Waals surface area (Å²) in [6.07, 6.45) is 4.07. The lowest BCUT2D eigenvalue weighted by Crippen LogP contribution is -2.34. The van der Waals surface area contributed by atoms with Crippen molar-refractivity contribution in [3.63, 3.8) is 0 Å². The van der Waals surface area contributed by atoms with E-state index in [4.69, 9.17) is 26.0 Å². The Kier molecular flexibility index (Phi) is 7.09. The van der Waals surface area contributed by atoms with Crippen LogP contribution in [0.2, 0.25) is 5.02 Å². The first-order valence-electron chi connectivity index (χ1n) is 12.3. The summed E-state index contributed by atoms with van der Waals surface area (Å²) in [6, 6.07) is 19.3. The number of anilines is 2. The fourth-order valence-electron chi connectivity index (χ4n) is 4.71. The van der Waals surface area contributed by atoms with Gasteiger partial charge in [0.25, 0.3) is 5.91 Å². The van der Waals surface area contributed by atoms with Crippen LogP contribution in [0.4, 0.5) is 11.8 Å². The summed E-state index contributed by atoms with van der Waals surface area (Å²) in [6.45, 7) is 0.639. The minimum Gasteiger partial charge on any atom is -0.451 e. The Bertz CT molecular complexity index is 1340. The maximum Gasteiger partial charge on any atom is 0.287 e. The van der Waals surface area contributed by atoms with Crippen LogP contribution >= 0.6 is 11.6 Å². The van der Waals surface area contributed by atoms with E-state index in [1.165, 1.54) is 0 Å². The van der Waals surface area contributed by atoms with E-state index in [1.54, 1.807) is 18.2 Å². The second-order valence-electron chi connectivity index (χ2n) is 9.53. The largest absolute Gasteiger partial charge is 0.451 e. The number of hydrogen-bond donors (Lipinski definition) is 2. The Labute approximate surface area is 215 Å². The zero-order chi connectivity index (χ0) is 25.1. The summed E-state index contributed by atoms with van der Waals surface area (Å²) < 4.78 is 5.77. The number of hydrogen-bond acceptors (Lipinski definition) is 6. The zero-order valence-corrected chi connectivity index (χ0v) is 21.3. The molecular formula is C28H30ClN5O2. The van der Waals surface area contributed by atoms with Gasteiger partial charge in [-0.2, -0.15) is 4.98 Å². The Morgan fingerprint density at radius 1 is 1.00 bits per heavy atom. The molecular weight excluding hydrogens is 474 g/mol. The van der Waals surface area contributed by atoms with Crippen molar-refractivity contribution in [1.29, 1.82) is 0 Å². The van der Waals surface area contributed by atoms with Crippen LogP contribution in [0.1, 0.15) is 36.2 Å². The van der Waals surface area contributed by atoms with E-state index in [-0.39, 0.29) is 5.91 Å². The molecule has 1 amide bonds. The molecule has 2 heterocycles. The summed E-state index contributed by atoms with van der Waals surface area (Å²) in [5.41, 5.74) is 1.82. The number of furan rings is 1. The van der Waals surface area contributed by atoms with Gasteiger partial charge in [-0.25, -0.2) is 4.98 Å². The fraction of sp³-hybridized carbons (Fsp3) is 0.321. The molecule has 0 bridgehead atoms. The van der Waals surface area contributed by atoms with Gasteiger partial charge in [-0.15, -0.1) is 0 Å². The third kappa shape index (κ3) is 5.46. The van der Waals surface area contributed by atoms with Crippen molar-refractivity contribution in [2.24, 2.45) is 5.92 Å². The van der Waals surface area contributed by atoms with Crippen LogP contribution in [0.15, 0.2) is 65.1 Å². The fourth-order valence-corrected chi connectivity index (χ4v) is 4.84. The number of benzene rings is 2. The van der Waals surface area contributed by atoms with E-state index in [0.29, 0.717) is 41.0 Å². The highest BCUT2D eigenvalue weighted by Crippen LogP contribution is 2.29. The van der Waals surface area contributed by atoms with Crippen LogP contribution in [-0.2, 0) is 0 Å². The quantitative estimate of drug-likeness (QED) is 0.321. The highest BCUT2D eigenvalue weighted by Gasteiger charge is 2.23. The Balaban J connectivity index is 1.13. The van der Waals surface area contributed by atoms with E-state index in [1.807, 2.05) is 55.4 Å². The number of carbonyl (C=O) groups excluding carboxylic acids is 1. The summed E-state index contributed by atoms with van der Waals surface area (Å²) in [7, 11) is 4.00. The van der Waals surface area contributed by atoms with Crippen molar-refractivity contribution in [3.05, 3.63) is 71.4 Å². The van der Waals surface area contributed by atoms with E-state index >= 15 is 0 Å². The van der Waals surface area contributed by atoms with Crippen molar-refractivity contribution in [2.75, 3.05) is 30.9 Å². The standard InChI is InChI=1S/C28H30ClN5O2/c1-34(2)26-22-5-3-4-6-23(22)32-28(33-26)31-21-13-7-18(8-14-21)17-30-27(35)25-16-15-24(36-25)19-9-11-20(29)12-10-19/h3-6,9-12,15-16,18,21H,7-8,13-14,17H2,1-2H3,(H,30,35)(H,31,32,33). The third-order valence-electron chi connectivity index (χ3n) is 6.70. The van der Waals surface area contributed by atoms with Crippen LogP contribution in [0.25, 0.3) is 22.2 Å². The van der Waals surface area contributed by atoms with Gasteiger partial charge in [0, 0.05) is 42.7 Å². The highest BCUT2D eigenvalue weighted by molar-refractivity contribution is 6.30. The molecule has 0 saturated heterocycles. The number of rotatable bonds is 7. The molecule has 4 aromatic rings. The first-order chi connectivity index (χ1) is 17.5. The number of halogens is 1. The van der Waals surface area contributed by atoms with E-state index in [0.717, 1.165) is 48.0 Å². The number of nitrogens with one attached hydrogen (secondary N) is 2. The first kappa shape index (κ1) is 24.1. The highest BCUT2D eigenvalue weighted by atomic mass is 35.5. The summed E-state index contributed by atoms with van der Waals surface area (Å²) >= 11 is 5.95. The second kappa shape index (κ2) is 10.6. The third-order valence-corrected chi connectivity index (χ3v) is 6.95. The lowest BCUT2D eigenvalue weighted by Gasteiger charge is -2.29. The van der Waals surface area contributed by atoms with E-state index in [9.17, 15) is 4.79 Å². The minimum atomic E-state index is -0.184. The van der Waals surface area contributed by atoms with Crippen LogP contribution in [0.5, 0.6) is 0 Å². The maximum absolute atomic E-state index is 12.6. The number of carbonyl (C=O) groups is 1. The predicted octanol–water partition coefficient (Wildman–Crippen LogP) is 6.01. The van der Waals surface area contributed by atoms with Crippen LogP contribution in [0, 0.1) is 5.92 Å². The van der Waals surface area contributed by atoms with Gasteiger partial charge in [0.05, 0.1) is 5.52 Å². The second-order valence-corrected chi connectivity index (χ2v) is 9.96. The average Bonchev–Trinajstić information content (AvgIpc) is 3.38. The van der Waals surface area contributed by atoms with Crippen molar-refractivity contribution >= 4 is 40.2 Å². The molecule has 0 spiro atoms. The number of fused-ring (bicyclic) bond motifs is 1. The Morgan fingerprint density at radius 3 is 2.50 bits per heavy atom. The number of nitrogens with zero attached hydrogens (tertiary/aromatic N) is 3. The van der Waals surface area contributed by atoms with Gasteiger partial charge in [-0.3, -0.25) is 4.79 Å². The van der Waals surface area contributed by atoms with E-state index < -0.39 is 0 Å². The van der Waals surface area contributed by atoms with Gasteiger partial charge in [0.1, 0.15) is 11.6 Å². The van der Waals surface area contributed by atoms with Crippen molar-refractivity contribution in [3.8, 4) is 11.3 Å². The lowest BCUT2D eigenvalue weighted by atomic mass is 9.86. The van der Waals surface area contributed by atoms with Gasteiger partial charge in [0.2, 0.25) is 5.95 Å². The SMILES string of the molecule is CN(C)c1nc(NC2CCC(CNC(=O)c3ccc(-c4ccc(Cl)cc4)o3)CC2)nc2ccccc12. The lowest BCUT2D eigenvalue weighted by molar-refractivity contribution is 0.0916. The molecule has 1 aliphatic rings. The van der Waals surface area contributed by atoms with Gasteiger partial charge in [-0.1, -0.05) is 23.7 Å². The number of amides is 1. The van der Waals surface area contributed by atoms with Gasteiger partial charge in [0.15, 0.2) is 5.76 Å². The summed E-state index contributed by atoms with van der Waals surface area (Å²) in [5, 5.41) is 8.29. The number of para-hydroxylation sites is 1. The molecule has 0 aliphatic heterocycles. The van der Waals surface area contributed by atoms with Crippen molar-refractivity contribution in [2.45, 2.75) is 31.7 Å². The van der Waals surface area contributed by atoms with Crippen molar-refractivity contribution < 1.29 is 9.21 Å². The van der Waals surface area contributed by atoms with Crippen LogP contribution in [0.3, 0.4) is 0 Å². The molecule has 2 aromatic carbocycles. The molecule has 36 heavy (non-hydrogen) atoms. The maximum atomic E-state index is 12.6. The molecule has 0 atom stereocenters. The van der Waals surface area contributed by atoms with Gasteiger partial charge in [-0.05, 0) is 80.1 Å². The zero-order valence-electron chi connectivity index (χ0n) is 20.5. The predicted molar refractivity (Wildman–Crippen MR) is 145 cm³/mol. The molecule has 1 aliphatic carbocycles. The molecule has 2 N–H and O–H groups in total. The summed E-state index contributed by atoms with van der Waals surface area (Å²) in [4.78, 5) is 24.1. The topological polar surface area (TPSA) is 83.3 Å². The Morgan fingerprint density at radius 2 is 1.75 bits per heavy atom. The summed E-state index contributed by atoms with van der Waals surface area (Å²) in [5.74, 6) is 2.81. The molecule has 186 valence electrons. The van der Waals surface area contributed by atoms with Crippen LogP contribution in [-0.4, -0.2) is 42.6 Å². The van der Waals surface area contributed by atoms with Gasteiger partial charge < -0.3 is 20.0 Å². The van der Waals surface area contributed by atoms with Crippen LogP contribution < -0.4 is 15.5 Å². The van der Waals surface area contributed by atoms with Crippen molar-refractivity contribution in [1.82, 2.24) is 15.3 Å². The molecule has 1 fully saturated rings. The molecule has 0 radical (unpaired) electrons. The molecule has 1 saturated carbocycles. The molecule has 8 heteroatoms. The molecule has 2 aromatic heterocycles. The first-order valence-corrected chi connectivity index (χ1v) is 12.7. The smallest absolute Gasteiger partial charge is 0.287 e. The molecule has 5 rings (SSSR count). The average molecular weight is 504 g/mol. The minimum absolute atomic E-state index is 0.184. The Hall–Kier alpha value is -3.58. The normalized spacial score (nSPS) is 17.6. The van der Waals surface area contributed by atoms with E-state index in [2.05, 4.69) is 16.7 Å². The molecule has 0 unspecified atom stereocenters. The monoisotopic (exact) mass is 503 g/mol. The van der Waals surface area contributed by atoms with Gasteiger partial charge >= 0.3 is 0 Å². The molecule has 7 nitrogen and oxygen atoms in total.